The van der Waals surface area contributed by atoms with Gasteiger partial charge >= 0.3 is 0 Å². The zero-order valence-corrected chi connectivity index (χ0v) is 36.8. The first-order valence-electron chi connectivity index (χ1n) is 21.9. The summed E-state index contributed by atoms with van der Waals surface area (Å²) in [6, 6.07) is 58.6. The topological polar surface area (TPSA) is 43.4 Å². The fourth-order valence-electron chi connectivity index (χ4n) is 11.5. The molecule has 0 atom stereocenters. The molecule has 6 heterocycles. The average Bonchev–Trinajstić information content (AvgIpc) is 3.32. The van der Waals surface area contributed by atoms with E-state index in [-0.39, 0.29) is 20.1 Å². The highest BCUT2D eigenvalue weighted by atomic mass is 35.5. The number of rotatable bonds is 2. The highest BCUT2D eigenvalue weighted by molar-refractivity contribution is 7.03. The Balaban J connectivity index is 1.04. The summed E-state index contributed by atoms with van der Waals surface area (Å²) in [6.45, 7) is -0.607. The fourth-order valence-corrected chi connectivity index (χ4v) is 12.1. The third kappa shape index (κ3) is 5.08. The first kappa shape index (κ1) is 37.1. The number of benzene rings is 9. The van der Waals surface area contributed by atoms with E-state index in [1.54, 1.807) is 0 Å². The molecule has 0 bridgehead atoms. The quantitative estimate of drug-likeness (QED) is 0.161. The lowest BCUT2D eigenvalue weighted by Gasteiger charge is -2.44. The van der Waals surface area contributed by atoms with E-state index in [4.69, 9.17) is 53.8 Å². The molecule has 0 fully saturated rings. The van der Waals surface area contributed by atoms with Gasteiger partial charge in [-0.15, -0.1) is 0 Å². The number of halogens is 3. The second-order valence-corrected chi connectivity index (χ2v) is 18.8. The van der Waals surface area contributed by atoms with Gasteiger partial charge in [-0.05, 0) is 123 Å². The van der Waals surface area contributed by atoms with Crippen LogP contribution in [0.25, 0.3) is 0 Å². The van der Waals surface area contributed by atoms with Gasteiger partial charge in [0.1, 0.15) is 46.0 Å². The molecular weight excluding hydrogens is 879 g/mol. The van der Waals surface area contributed by atoms with E-state index in [9.17, 15) is 0 Å². The third-order valence-electron chi connectivity index (χ3n) is 14.0. The molecule has 66 heavy (non-hydrogen) atoms. The van der Waals surface area contributed by atoms with Crippen molar-refractivity contribution in [3.63, 3.8) is 0 Å². The molecule has 15 rings (SSSR count). The van der Waals surface area contributed by atoms with Crippen molar-refractivity contribution in [1.29, 1.82) is 0 Å². The molecule has 9 aromatic carbocycles. The van der Waals surface area contributed by atoms with Gasteiger partial charge in [0.05, 0.1) is 0 Å². The molecule has 6 aliphatic rings. The lowest BCUT2D eigenvalue weighted by atomic mass is 9.30. The third-order valence-corrected chi connectivity index (χ3v) is 14.7. The minimum atomic E-state index is -0.269. The van der Waals surface area contributed by atoms with E-state index in [2.05, 4.69) is 125 Å². The number of ether oxygens (including phenoxy) is 4. The summed E-state index contributed by atoms with van der Waals surface area (Å²) >= 11 is 20.9. The van der Waals surface area contributed by atoms with Crippen LogP contribution < -0.4 is 77.9 Å². The number of para-hydroxylation sites is 4. The maximum Gasteiger partial charge on any atom is 0.260 e. The molecule has 0 saturated heterocycles. The smallest absolute Gasteiger partial charge is 0.260 e. The number of fused-ring (bicyclic) bond motifs is 12. The van der Waals surface area contributed by atoms with E-state index in [0.717, 1.165) is 101 Å². The van der Waals surface area contributed by atoms with Crippen LogP contribution in [-0.4, -0.2) is 20.1 Å². The number of hydrogen-bond donors (Lipinski definition) is 0. The van der Waals surface area contributed by atoms with Gasteiger partial charge in [-0.25, -0.2) is 0 Å². The first-order chi connectivity index (χ1) is 32.4. The van der Waals surface area contributed by atoms with E-state index in [1.807, 2.05) is 54.6 Å². The molecule has 6 nitrogen and oxygen atoms in total. The van der Waals surface area contributed by atoms with Gasteiger partial charge in [-0.2, -0.15) is 0 Å². The number of anilines is 6. The summed E-state index contributed by atoms with van der Waals surface area (Å²) in [6.07, 6.45) is 0. The molecule has 0 spiro atoms. The maximum atomic E-state index is 7.14. The van der Waals surface area contributed by atoms with Crippen LogP contribution in [0.2, 0.25) is 15.1 Å². The minimum absolute atomic E-state index is 0.162. The number of hydrogen-bond acceptors (Lipinski definition) is 6. The van der Waals surface area contributed by atoms with Crippen LogP contribution in [0.5, 0.6) is 46.0 Å². The van der Waals surface area contributed by atoms with Crippen molar-refractivity contribution in [2.45, 2.75) is 0 Å². The van der Waals surface area contributed by atoms with Crippen LogP contribution in [0.15, 0.2) is 170 Å². The molecule has 0 unspecified atom stereocenters. The van der Waals surface area contributed by atoms with Gasteiger partial charge in [-0.1, -0.05) is 120 Å². The second-order valence-electron chi connectivity index (χ2n) is 17.5. The molecule has 0 aromatic heterocycles. The summed E-state index contributed by atoms with van der Waals surface area (Å²) in [5.74, 6) is 5.81. The summed E-state index contributed by atoms with van der Waals surface area (Å²) in [5.41, 5.74) is 15.6. The van der Waals surface area contributed by atoms with Gasteiger partial charge < -0.3 is 28.7 Å². The van der Waals surface area contributed by atoms with E-state index >= 15 is 0 Å². The van der Waals surface area contributed by atoms with Crippen molar-refractivity contribution in [2.75, 3.05) is 9.80 Å². The van der Waals surface area contributed by atoms with Crippen LogP contribution in [0.3, 0.4) is 0 Å². The number of nitrogens with zero attached hydrogens (tertiary/aromatic N) is 2. The molecule has 0 aliphatic carbocycles. The molecule has 0 saturated carbocycles. The average molecular weight is 908 g/mol. The SMILES string of the molecule is Clc1cc2c3c(c1)Oc1cc4c(cc1B3c1ccccc1O2)B1c2cc3c(cc2N(c2ccccc2)c2cc(Cl)cc(c21)O4)N(c1ccccc1)c1cc(Cl)cc2c1B3c1ccccc1O2. The molecule has 6 aliphatic heterocycles. The monoisotopic (exact) mass is 906 g/mol. The van der Waals surface area contributed by atoms with E-state index in [1.165, 1.54) is 0 Å². The Morgan fingerprint density at radius 2 is 0.667 bits per heavy atom. The zero-order chi connectivity index (χ0) is 43.5. The van der Waals surface area contributed by atoms with Crippen LogP contribution in [0, 0.1) is 0 Å². The molecular formula is C54H28B3Cl3N2O4. The molecule has 0 amide bonds. The molecule has 9 aromatic rings. The van der Waals surface area contributed by atoms with Gasteiger partial charge in [0.25, 0.3) is 20.1 Å². The Hall–Kier alpha value is -7.16. The van der Waals surface area contributed by atoms with Gasteiger partial charge in [-0.3, -0.25) is 0 Å². The Labute approximate surface area is 395 Å². The van der Waals surface area contributed by atoms with Crippen molar-refractivity contribution in [3.8, 4) is 46.0 Å². The molecule has 0 N–H and O–H groups in total. The van der Waals surface area contributed by atoms with E-state index in [0.29, 0.717) is 43.8 Å². The first-order valence-corrected chi connectivity index (χ1v) is 23.0. The van der Waals surface area contributed by atoms with Gasteiger partial charge in [0.15, 0.2) is 0 Å². The summed E-state index contributed by atoms with van der Waals surface area (Å²) in [5, 5.41) is 1.71. The van der Waals surface area contributed by atoms with Crippen molar-refractivity contribution in [1.82, 2.24) is 0 Å². The van der Waals surface area contributed by atoms with Crippen LogP contribution in [-0.2, 0) is 0 Å². The second kappa shape index (κ2) is 13.5. The lowest BCUT2D eigenvalue weighted by Crippen LogP contribution is -2.64. The van der Waals surface area contributed by atoms with Crippen LogP contribution in [0.4, 0.5) is 34.1 Å². The predicted octanol–water partition coefficient (Wildman–Crippen LogP) is 9.18. The standard InChI is InChI=1S/C54H28B3Cl3N2O4/c58-29-19-42-52-48(21-29)63-44-17-9-7-15-34(44)55(52)36-25-37-41(27-40(36)61(42)32-11-3-1-4-12-32)62(33-13-5-2-6-14-33)43-20-30(59)22-49-53(43)57(37)39-26-38-46(28-47(39)65-49)66-51-24-31(60)23-50-54(51)56(38)35-16-8-10-18-45(35)64-50/h1-28H. The fraction of sp³-hybridized carbons (Fsp3) is 0. The van der Waals surface area contributed by atoms with Crippen molar-refractivity contribution in [3.05, 3.63) is 185 Å². The van der Waals surface area contributed by atoms with Crippen molar-refractivity contribution < 1.29 is 18.9 Å². The maximum absolute atomic E-state index is 7.14. The molecule has 308 valence electrons. The normalized spacial score (nSPS) is 14.3. The van der Waals surface area contributed by atoms with Crippen molar-refractivity contribution in [2.24, 2.45) is 0 Å². The Morgan fingerprint density at radius 3 is 1.17 bits per heavy atom. The van der Waals surface area contributed by atoms with Crippen molar-refractivity contribution >= 4 is 138 Å². The Bertz CT molecular complexity index is 3650. The zero-order valence-electron chi connectivity index (χ0n) is 34.6. The highest BCUT2D eigenvalue weighted by Gasteiger charge is 2.49. The van der Waals surface area contributed by atoms with E-state index < -0.39 is 0 Å². The molecule has 0 radical (unpaired) electrons. The minimum Gasteiger partial charge on any atom is -0.458 e. The highest BCUT2D eigenvalue weighted by Crippen LogP contribution is 2.48. The van der Waals surface area contributed by atoms with Crippen LogP contribution >= 0.6 is 34.8 Å². The van der Waals surface area contributed by atoms with Gasteiger partial charge in [0, 0.05) is 60.7 Å². The lowest BCUT2D eigenvalue weighted by molar-refractivity contribution is 0.456. The Morgan fingerprint density at radius 1 is 0.288 bits per heavy atom. The van der Waals surface area contributed by atoms with Gasteiger partial charge in [0.2, 0.25) is 0 Å². The molecule has 12 heteroatoms. The summed E-state index contributed by atoms with van der Waals surface area (Å²) in [4.78, 5) is 4.68. The largest absolute Gasteiger partial charge is 0.458 e. The predicted molar refractivity (Wildman–Crippen MR) is 271 cm³/mol. The Kier molecular flexibility index (Phi) is 7.57. The summed E-state index contributed by atoms with van der Waals surface area (Å²) in [7, 11) is 0. The van der Waals surface area contributed by atoms with Crippen LogP contribution in [0.1, 0.15) is 0 Å². The summed E-state index contributed by atoms with van der Waals surface area (Å²) < 4.78 is 27.1.